The minimum absolute atomic E-state index is 0.207. The molecule has 4 heteroatoms. The lowest BCUT2D eigenvalue weighted by Gasteiger charge is -2.44. The van der Waals surface area contributed by atoms with E-state index in [1.165, 1.54) is 25.7 Å². The summed E-state index contributed by atoms with van der Waals surface area (Å²) in [5, 5.41) is 5.24. The third-order valence-electron chi connectivity index (χ3n) is 4.93. The number of likely N-dealkylation sites (N-methyl/N-ethyl adjacent to an activating group) is 2. The molecule has 1 unspecified atom stereocenters. The van der Waals surface area contributed by atoms with Crippen LogP contribution in [0.1, 0.15) is 38.2 Å². The van der Waals surface area contributed by atoms with Crippen LogP contribution in [0.25, 0.3) is 0 Å². The molecule has 0 radical (unpaired) electrons. The summed E-state index contributed by atoms with van der Waals surface area (Å²) in [5.74, 6) is 0. The van der Waals surface area contributed by atoms with Gasteiger partial charge < -0.3 is 10.2 Å². The minimum atomic E-state index is 0.207. The molecule has 0 aromatic heterocycles. The summed E-state index contributed by atoms with van der Waals surface area (Å²) < 4.78 is 0. The first-order chi connectivity index (χ1) is 10.0. The predicted octanol–water partition coefficient (Wildman–Crippen LogP) is 4.39. The van der Waals surface area contributed by atoms with E-state index in [1.54, 1.807) is 0 Å². The van der Waals surface area contributed by atoms with Crippen LogP contribution in [-0.2, 0) is 6.42 Å². The highest BCUT2D eigenvalue weighted by atomic mass is 35.5. The monoisotopic (exact) mass is 328 g/mol. The summed E-state index contributed by atoms with van der Waals surface area (Å²) >= 11 is 12.8. The average molecular weight is 329 g/mol. The molecule has 1 aromatic rings. The van der Waals surface area contributed by atoms with Gasteiger partial charge in [0.1, 0.15) is 0 Å². The van der Waals surface area contributed by atoms with Gasteiger partial charge in [-0.1, -0.05) is 49.0 Å². The molecule has 0 aliphatic heterocycles. The van der Waals surface area contributed by atoms with Gasteiger partial charge in [-0.05, 0) is 57.6 Å². The van der Waals surface area contributed by atoms with Crippen molar-refractivity contribution in [1.82, 2.24) is 10.2 Å². The second kappa shape index (κ2) is 7.32. The normalized spacial score (nSPS) is 19.1. The zero-order valence-corrected chi connectivity index (χ0v) is 14.8. The van der Waals surface area contributed by atoms with E-state index in [0.29, 0.717) is 6.04 Å². The number of hydrogen-bond acceptors (Lipinski definition) is 2. The van der Waals surface area contributed by atoms with Gasteiger partial charge in [-0.3, -0.25) is 0 Å². The molecular formula is C17H26Cl2N2. The molecule has 118 valence electrons. The third-order valence-corrected chi connectivity index (χ3v) is 5.64. The lowest BCUT2D eigenvalue weighted by molar-refractivity contribution is 0.105. The lowest BCUT2D eigenvalue weighted by atomic mass is 9.83. The van der Waals surface area contributed by atoms with Crippen LogP contribution < -0.4 is 5.32 Å². The van der Waals surface area contributed by atoms with E-state index < -0.39 is 0 Å². The first kappa shape index (κ1) is 17.1. The number of halogens is 2. The molecule has 21 heavy (non-hydrogen) atoms. The van der Waals surface area contributed by atoms with Gasteiger partial charge in [0.25, 0.3) is 0 Å². The molecule has 1 aliphatic rings. The van der Waals surface area contributed by atoms with Crippen molar-refractivity contribution in [2.75, 3.05) is 20.6 Å². The van der Waals surface area contributed by atoms with E-state index in [0.717, 1.165) is 28.6 Å². The van der Waals surface area contributed by atoms with Gasteiger partial charge in [0.2, 0.25) is 0 Å². The molecule has 0 spiro atoms. The zero-order valence-electron chi connectivity index (χ0n) is 13.3. The summed E-state index contributed by atoms with van der Waals surface area (Å²) in [6.45, 7) is 3.13. The van der Waals surface area contributed by atoms with Gasteiger partial charge in [-0.2, -0.15) is 0 Å². The van der Waals surface area contributed by atoms with E-state index in [2.05, 4.69) is 31.2 Å². The fraction of sp³-hybridized carbons (Fsp3) is 0.647. The van der Waals surface area contributed by atoms with Crippen LogP contribution >= 0.6 is 23.2 Å². The molecule has 1 atom stereocenters. The molecule has 1 aliphatic carbocycles. The molecule has 1 saturated carbocycles. The van der Waals surface area contributed by atoms with E-state index in [9.17, 15) is 0 Å². The van der Waals surface area contributed by atoms with Crippen molar-refractivity contribution in [3.8, 4) is 0 Å². The van der Waals surface area contributed by atoms with E-state index in [-0.39, 0.29) is 5.54 Å². The Kier molecular flexibility index (Phi) is 5.96. The van der Waals surface area contributed by atoms with Crippen LogP contribution in [0.5, 0.6) is 0 Å². The maximum atomic E-state index is 6.38. The minimum Gasteiger partial charge on any atom is -0.312 e. The Morgan fingerprint density at radius 1 is 1.19 bits per heavy atom. The predicted molar refractivity (Wildman–Crippen MR) is 92.5 cm³/mol. The van der Waals surface area contributed by atoms with Gasteiger partial charge in [0.15, 0.2) is 0 Å². The van der Waals surface area contributed by atoms with E-state index in [1.807, 2.05) is 18.2 Å². The van der Waals surface area contributed by atoms with Crippen molar-refractivity contribution in [3.05, 3.63) is 33.8 Å². The van der Waals surface area contributed by atoms with E-state index >= 15 is 0 Å². The van der Waals surface area contributed by atoms with Gasteiger partial charge in [-0.15, -0.1) is 0 Å². The lowest BCUT2D eigenvalue weighted by Crippen LogP contribution is -2.58. The van der Waals surface area contributed by atoms with Gasteiger partial charge >= 0.3 is 0 Å². The zero-order chi connectivity index (χ0) is 15.5. The Morgan fingerprint density at radius 3 is 2.24 bits per heavy atom. The van der Waals surface area contributed by atoms with Crippen LogP contribution in [0.15, 0.2) is 18.2 Å². The number of nitrogens with one attached hydrogen (secondary N) is 1. The highest BCUT2D eigenvalue weighted by Crippen LogP contribution is 2.39. The summed E-state index contributed by atoms with van der Waals surface area (Å²) in [6, 6.07) is 6.15. The topological polar surface area (TPSA) is 15.3 Å². The Hall–Kier alpha value is -0.280. The van der Waals surface area contributed by atoms with Gasteiger partial charge in [0.05, 0.1) is 0 Å². The standard InChI is InChI=1S/C17H26Cl2N2/c1-4-20-16(17(21(2)3)10-5-6-11-17)12-13-14(18)8-7-9-15(13)19/h7-9,16,20H,4-6,10-12H2,1-3H3. The molecule has 2 rings (SSSR count). The van der Waals surface area contributed by atoms with Crippen LogP contribution in [0.2, 0.25) is 10.0 Å². The third kappa shape index (κ3) is 3.56. The van der Waals surface area contributed by atoms with Gasteiger partial charge in [-0.25, -0.2) is 0 Å². The van der Waals surface area contributed by atoms with Crippen molar-refractivity contribution in [1.29, 1.82) is 0 Å². The summed E-state index contributed by atoms with van der Waals surface area (Å²) in [4.78, 5) is 2.40. The summed E-state index contributed by atoms with van der Waals surface area (Å²) in [6.07, 6.45) is 5.96. The highest BCUT2D eigenvalue weighted by Gasteiger charge is 2.43. The SMILES string of the molecule is CCNC(Cc1c(Cl)cccc1Cl)C1(N(C)C)CCCC1. The Balaban J connectivity index is 2.30. The van der Waals surface area contributed by atoms with E-state index in [4.69, 9.17) is 23.2 Å². The molecular weight excluding hydrogens is 303 g/mol. The summed E-state index contributed by atoms with van der Waals surface area (Å²) in [7, 11) is 4.40. The first-order valence-electron chi connectivity index (χ1n) is 7.85. The average Bonchev–Trinajstić information content (AvgIpc) is 2.92. The largest absolute Gasteiger partial charge is 0.312 e. The van der Waals surface area contributed by atoms with Crippen molar-refractivity contribution in [3.63, 3.8) is 0 Å². The first-order valence-corrected chi connectivity index (χ1v) is 8.60. The summed E-state index contributed by atoms with van der Waals surface area (Å²) in [5.41, 5.74) is 1.28. The number of rotatable bonds is 6. The van der Waals surface area contributed by atoms with Crippen molar-refractivity contribution < 1.29 is 0 Å². The fourth-order valence-electron chi connectivity index (χ4n) is 3.72. The number of benzene rings is 1. The van der Waals surface area contributed by atoms with Crippen molar-refractivity contribution >= 4 is 23.2 Å². The smallest absolute Gasteiger partial charge is 0.0453 e. The van der Waals surface area contributed by atoms with Crippen molar-refractivity contribution in [2.45, 2.75) is 50.6 Å². The van der Waals surface area contributed by atoms with Crippen LogP contribution in [0.3, 0.4) is 0 Å². The van der Waals surface area contributed by atoms with Crippen LogP contribution in [-0.4, -0.2) is 37.1 Å². The molecule has 1 aromatic carbocycles. The molecule has 2 nitrogen and oxygen atoms in total. The second-order valence-electron chi connectivity index (χ2n) is 6.22. The van der Waals surface area contributed by atoms with Crippen LogP contribution in [0, 0.1) is 0 Å². The second-order valence-corrected chi connectivity index (χ2v) is 7.03. The van der Waals surface area contributed by atoms with Crippen molar-refractivity contribution in [2.24, 2.45) is 0 Å². The number of hydrogen-bond donors (Lipinski definition) is 1. The molecule has 1 N–H and O–H groups in total. The maximum Gasteiger partial charge on any atom is 0.0453 e. The number of nitrogens with zero attached hydrogens (tertiary/aromatic N) is 1. The Bertz CT molecular complexity index is 448. The molecule has 0 bridgehead atoms. The fourth-order valence-corrected chi connectivity index (χ4v) is 4.28. The van der Waals surface area contributed by atoms with Crippen LogP contribution in [0.4, 0.5) is 0 Å². The molecule has 0 amide bonds. The molecule has 0 heterocycles. The molecule has 0 saturated heterocycles. The Labute approximate surface area is 138 Å². The Morgan fingerprint density at radius 2 is 1.76 bits per heavy atom. The quantitative estimate of drug-likeness (QED) is 0.833. The molecule has 1 fully saturated rings. The highest BCUT2D eigenvalue weighted by molar-refractivity contribution is 6.36. The maximum absolute atomic E-state index is 6.38. The van der Waals surface area contributed by atoms with Gasteiger partial charge in [0, 0.05) is 21.6 Å².